The van der Waals surface area contributed by atoms with Gasteiger partial charge in [0.1, 0.15) is 18.1 Å². The Bertz CT molecular complexity index is 826. The number of phenolic OH excluding ortho intramolecular Hbond substituents is 1. The van der Waals surface area contributed by atoms with Gasteiger partial charge in [-0.15, -0.1) is 0 Å². The second-order valence-electron chi connectivity index (χ2n) is 6.07. The number of phenols is 1. The monoisotopic (exact) mass is 338 g/mol. The van der Waals surface area contributed by atoms with Crippen LogP contribution in [0.4, 0.5) is 22.7 Å². The Morgan fingerprint density at radius 2 is 1.88 bits per heavy atom. The van der Waals surface area contributed by atoms with Gasteiger partial charge in [0.15, 0.2) is 0 Å². The van der Waals surface area contributed by atoms with E-state index in [9.17, 15) is 5.11 Å². The molecule has 130 valence electrons. The first-order chi connectivity index (χ1) is 12.1. The molecule has 0 bridgehead atoms. The third kappa shape index (κ3) is 4.67. The van der Waals surface area contributed by atoms with Crippen molar-refractivity contribution in [3.63, 3.8) is 0 Å². The number of hydrogen-bond acceptors (Lipinski definition) is 4. The number of rotatable bonds is 7. The lowest BCUT2D eigenvalue weighted by molar-refractivity contribution is -0.671. The molecule has 0 aliphatic heterocycles. The van der Waals surface area contributed by atoms with Crippen LogP contribution in [-0.4, -0.2) is 16.2 Å². The fraction of sp³-hybridized carbons (Fsp3) is 0.211. The molecule has 0 radical (unpaired) electrons. The molecule has 2 aromatic carbocycles. The highest BCUT2D eigenvalue weighted by Gasteiger charge is 2.02. The fourth-order valence-corrected chi connectivity index (χ4v) is 2.62. The highest BCUT2D eigenvalue weighted by atomic mass is 16.3. The van der Waals surface area contributed by atoms with Crippen LogP contribution in [0, 0.1) is 0 Å². The number of imidazole rings is 1. The van der Waals surface area contributed by atoms with Gasteiger partial charge in [-0.25, -0.2) is 9.13 Å². The van der Waals surface area contributed by atoms with Crippen molar-refractivity contribution >= 4 is 22.7 Å². The normalized spacial score (nSPS) is 10.6. The first kappa shape index (κ1) is 16.7. The molecule has 1 aromatic heterocycles. The van der Waals surface area contributed by atoms with E-state index in [1.54, 1.807) is 12.1 Å². The number of nitrogen functional groups attached to an aromatic ring is 1. The van der Waals surface area contributed by atoms with Gasteiger partial charge in [-0.1, -0.05) is 0 Å². The maximum Gasteiger partial charge on any atom is 0.243 e. The van der Waals surface area contributed by atoms with Crippen molar-refractivity contribution in [3.8, 4) is 5.75 Å². The molecule has 0 amide bonds. The minimum Gasteiger partial charge on any atom is -0.508 e. The molecule has 0 unspecified atom stereocenters. The summed E-state index contributed by atoms with van der Waals surface area (Å²) in [5.74, 6) is 0.163. The van der Waals surface area contributed by atoms with E-state index in [0.29, 0.717) is 5.69 Å². The van der Waals surface area contributed by atoms with E-state index in [1.807, 2.05) is 42.1 Å². The highest BCUT2D eigenvalue weighted by molar-refractivity contribution is 5.74. The predicted octanol–water partition coefficient (Wildman–Crippen LogP) is 2.85. The Labute approximate surface area is 147 Å². The van der Waals surface area contributed by atoms with Crippen molar-refractivity contribution in [2.45, 2.75) is 13.0 Å². The van der Waals surface area contributed by atoms with E-state index >= 15 is 0 Å². The van der Waals surface area contributed by atoms with Crippen LogP contribution < -0.4 is 20.9 Å². The molecule has 3 aromatic rings. The number of benzene rings is 2. The molecule has 0 spiro atoms. The summed E-state index contributed by atoms with van der Waals surface area (Å²) in [6.07, 6.45) is 7.25. The van der Waals surface area contributed by atoms with E-state index in [2.05, 4.69) is 27.7 Å². The summed E-state index contributed by atoms with van der Waals surface area (Å²) < 4.78 is 4.22. The lowest BCUT2D eigenvalue weighted by atomic mass is 10.2. The number of nitrogens with zero attached hydrogens (tertiary/aromatic N) is 2. The van der Waals surface area contributed by atoms with Crippen molar-refractivity contribution in [1.82, 2.24) is 4.57 Å². The van der Waals surface area contributed by atoms with E-state index < -0.39 is 0 Å². The first-order valence-electron chi connectivity index (χ1n) is 8.30. The third-order valence-corrected chi connectivity index (χ3v) is 3.95. The standard InChI is InChI=1S/C19H23N5O/c1-23-11-12-24(14-23)10-2-9-21-15-3-5-16(6-4-15)22-19-8-7-17(25)13-18(19)20/h3-8,11-14,21-22H,2,9-10,20H2,1H3/p+1. The van der Waals surface area contributed by atoms with E-state index in [-0.39, 0.29) is 5.75 Å². The molecular formula is C19H24N5O+. The van der Waals surface area contributed by atoms with Crippen LogP contribution in [0.25, 0.3) is 0 Å². The SMILES string of the molecule is C[n+]1ccn(CCCNc2ccc(Nc3ccc(O)cc3N)cc2)c1. The van der Waals surface area contributed by atoms with E-state index in [4.69, 9.17) is 5.73 Å². The average Bonchev–Trinajstić information content (AvgIpc) is 3.01. The molecule has 5 N–H and O–H groups in total. The Morgan fingerprint density at radius 1 is 1.12 bits per heavy atom. The van der Waals surface area contributed by atoms with Gasteiger partial charge in [0.2, 0.25) is 6.33 Å². The van der Waals surface area contributed by atoms with Crippen molar-refractivity contribution in [2.75, 3.05) is 22.9 Å². The molecule has 0 saturated carbocycles. The van der Waals surface area contributed by atoms with Crippen molar-refractivity contribution < 1.29 is 9.67 Å². The van der Waals surface area contributed by atoms with Crippen LogP contribution in [-0.2, 0) is 13.6 Å². The summed E-state index contributed by atoms with van der Waals surface area (Å²) in [5.41, 5.74) is 9.21. The molecule has 0 aliphatic rings. The Kier molecular flexibility index (Phi) is 5.09. The maximum atomic E-state index is 9.40. The van der Waals surface area contributed by atoms with Gasteiger partial charge in [-0.2, -0.15) is 0 Å². The highest BCUT2D eigenvalue weighted by Crippen LogP contribution is 2.27. The topological polar surface area (TPSA) is 79.1 Å². The van der Waals surface area contributed by atoms with Gasteiger partial charge < -0.3 is 21.5 Å². The first-order valence-corrected chi connectivity index (χ1v) is 8.30. The van der Waals surface area contributed by atoms with E-state index in [0.717, 1.165) is 36.6 Å². The number of anilines is 4. The summed E-state index contributed by atoms with van der Waals surface area (Å²) in [5, 5.41) is 16.1. The van der Waals surface area contributed by atoms with Gasteiger partial charge in [-0.3, -0.25) is 0 Å². The minimum atomic E-state index is 0.163. The number of aromatic nitrogens is 2. The van der Waals surface area contributed by atoms with Gasteiger partial charge in [-0.05, 0) is 36.4 Å². The van der Waals surface area contributed by atoms with Crippen LogP contribution in [0.2, 0.25) is 0 Å². The maximum absolute atomic E-state index is 9.40. The Hall–Kier alpha value is -3.15. The molecule has 6 heteroatoms. The quantitative estimate of drug-likeness (QED) is 0.231. The van der Waals surface area contributed by atoms with Crippen LogP contribution in [0.15, 0.2) is 61.2 Å². The summed E-state index contributed by atoms with van der Waals surface area (Å²) >= 11 is 0. The summed E-state index contributed by atoms with van der Waals surface area (Å²) in [4.78, 5) is 0. The molecular weight excluding hydrogens is 314 g/mol. The average molecular weight is 338 g/mol. The third-order valence-electron chi connectivity index (χ3n) is 3.95. The Balaban J connectivity index is 1.48. The fourth-order valence-electron chi connectivity index (χ4n) is 2.62. The smallest absolute Gasteiger partial charge is 0.243 e. The van der Waals surface area contributed by atoms with Crippen LogP contribution in [0.5, 0.6) is 5.75 Å². The summed E-state index contributed by atoms with van der Waals surface area (Å²) in [6.45, 7) is 1.91. The molecule has 0 saturated heterocycles. The lowest BCUT2D eigenvalue weighted by Gasteiger charge is -2.11. The second-order valence-corrected chi connectivity index (χ2v) is 6.07. The largest absolute Gasteiger partial charge is 0.508 e. The van der Waals surface area contributed by atoms with Gasteiger partial charge in [0, 0.05) is 30.4 Å². The number of aromatic hydroxyl groups is 1. The zero-order chi connectivity index (χ0) is 17.6. The van der Waals surface area contributed by atoms with Crippen LogP contribution in [0.3, 0.4) is 0 Å². The molecule has 0 atom stereocenters. The van der Waals surface area contributed by atoms with Gasteiger partial charge >= 0.3 is 0 Å². The zero-order valence-corrected chi connectivity index (χ0v) is 14.3. The van der Waals surface area contributed by atoms with Gasteiger partial charge in [0.25, 0.3) is 0 Å². The lowest BCUT2D eigenvalue weighted by Crippen LogP contribution is -2.23. The second kappa shape index (κ2) is 7.61. The van der Waals surface area contributed by atoms with Gasteiger partial charge in [0.05, 0.1) is 25.0 Å². The zero-order valence-electron chi connectivity index (χ0n) is 14.3. The number of hydrogen-bond donors (Lipinski definition) is 4. The van der Waals surface area contributed by atoms with E-state index in [1.165, 1.54) is 6.07 Å². The van der Waals surface area contributed by atoms with Crippen molar-refractivity contribution in [2.24, 2.45) is 7.05 Å². The predicted molar refractivity (Wildman–Crippen MR) is 101 cm³/mol. The van der Waals surface area contributed by atoms with Crippen LogP contribution >= 0.6 is 0 Å². The molecule has 0 fully saturated rings. The van der Waals surface area contributed by atoms with Crippen molar-refractivity contribution in [3.05, 3.63) is 61.2 Å². The van der Waals surface area contributed by atoms with Crippen molar-refractivity contribution in [1.29, 1.82) is 0 Å². The molecule has 1 heterocycles. The number of nitrogens with two attached hydrogens (primary N) is 1. The molecule has 0 aliphatic carbocycles. The summed E-state index contributed by atoms with van der Waals surface area (Å²) in [6, 6.07) is 13.0. The number of nitrogens with one attached hydrogen (secondary N) is 2. The van der Waals surface area contributed by atoms with Crippen LogP contribution in [0.1, 0.15) is 6.42 Å². The Morgan fingerprint density at radius 3 is 2.56 bits per heavy atom. The molecule has 25 heavy (non-hydrogen) atoms. The summed E-state index contributed by atoms with van der Waals surface area (Å²) in [7, 11) is 2.02. The molecule has 6 nitrogen and oxygen atoms in total. The minimum absolute atomic E-state index is 0.163. The molecule has 3 rings (SSSR count). The number of aryl methyl sites for hydroxylation is 2.